The number of ether oxygens (including phenoxy) is 1. The minimum absolute atomic E-state index is 0.226. The predicted molar refractivity (Wildman–Crippen MR) is 155 cm³/mol. The Morgan fingerprint density at radius 3 is 2.55 bits per heavy atom. The molecule has 3 nitrogen and oxygen atoms in total. The quantitative estimate of drug-likeness (QED) is 0.289. The molecule has 3 fully saturated rings. The number of esters is 1. The lowest BCUT2D eigenvalue weighted by Gasteiger charge is -2.59. The average molecular weight is 521 g/mol. The van der Waals surface area contributed by atoms with Crippen LogP contribution < -0.4 is 0 Å². The highest BCUT2D eigenvalue weighted by Gasteiger charge is 2.61. The van der Waals surface area contributed by atoms with E-state index in [4.69, 9.17) is 4.74 Å². The Bertz CT molecular complexity index is 1030. The number of hydrogen-bond donors (Lipinski definition) is 1. The molecule has 0 saturated heterocycles. The molecule has 0 spiro atoms. The maximum Gasteiger partial charge on any atom is 0.338 e. The van der Waals surface area contributed by atoms with Crippen LogP contribution in [0.5, 0.6) is 0 Å². The largest absolute Gasteiger partial charge is 0.456 e. The van der Waals surface area contributed by atoms with E-state index < -0.39 is 5.60 Å². The van der Waals surface area contributed by atoms with E-state index in [1.807, 2.05) is 44.2 Å². The minimum Gasteiger partial charge on any atom is -0.456 e. The van der Waals surface area contributed by atoms with E-state index in [-0.39, 0.29) is 12.1 Å². The predicted octanol–water partition coefficient (Wildman–Crippen LogP) is 8.61. The summed E-state index contributed by atoms with van der Waals surface area (Å²) in [5.74, 6) is 3.63. The van der Waals surface area contributed by atoms with Gasteiger partial charge in [0.25, 0.3) is 0 Å². The first-order chi connectivity index (χ1) is 17.9. The normalized spacial score (nSPS) is 39.4. The lowest BCUT2D eigenvalue weighted by Crippen LogP contribution is -2.54. The Kier molecular flexibility index (Phi) is 7.66. The molecule has 4 aliphatic carbocycles. The van der Waals surface area contributed by atoms with Gasteiger partial charge in [0.15, 0.2) is 0 Å². The molecule has 5 rings (SSSR count). The summed E-state index contributed by atoms with van der Waals surface area (Å²) < 4.78 is 5.90. The summed E-state index contributed by atoms with van der Waals surface area (Å²) in [6.07, 6.45) is 14.2. The number of fused-ring (bicyclic) bond motifs is 5. The molecular weight excluding hydrogens is 468 g/mol. The molecule has 3 saturated carbocycles. The van der Waals surface area contributed by atoms with Crippen molar-refractivity contribution in [2.24, 2.45) is 46.3 Å². The van der Waals surface area contributed by atoms with E-state index in [1.54, 1.807) is 5.57 Å². The minimum atomic E-state index is -0.462. The van der Waals surface area contributed by atoms with Crippen molar-refractivity contribution in [3.05, 3.63) is 47.5 Å². The number of allylic oxidation sites excluding steroid dienone is 1. The summed E-state index contributed by atoms with van der Waals surface area (Å²) in [5.41, 5.74) is 2.38. The molecule has 0 aromatic heterocycles. The maximum atomic E-state index is 12.6. The number of hydrogen-bond acceptors (Lipinski definition) is 3. The third-order valence-corrected chi connectivity index (χ3v) is 12.0. The van der Waals surface area contributed by atoms with Crippen LogP contribution in [0.3, 0.4) is 0 Å². The molecule has 1 N–H and O–H groups in total. The van der Waals surface area contributed by atoms with Gasteiger partial charge >= 0.3 is 5.97 Å². The monoisotopic (exact) mass is 520 g/mol. The van der Waals surface area contributed by atoms with Crippen LogP contribution >= 0.6 is 0 Å². The summed E-state index contributed by atoms with van der Waals surface area (Å²) >= 11 is 0. The molecule has 1 aromatic carbocycles. The van der Waals surface area contributed by atoms with E-state index in [0.29, 0.717) is 40.1 Å². The number of carbonyl (C=O) groups excluding carboxylic acids is 1. The third-order valence-electron chi connectivity index (χ3n) is 12.0. The molecule has 0 aliphatic heterocycles. The van der Waals surface area contributed by atoms with Crippen molar-refractivity contribution in [1.82, 2.24) is 0 Å². The molecule has 4 aliphatic rings. The van der Waals surface area contributed by atoms with E-state index in [1.165, 1.54) is 51.4 Å². The number of aliphatic hydroxyl groups excluding tert-OH is 1. The molecule has 0 amide bonds. The highest BCUT2D eigenvalue weighted by atomic mass is 16.6. The summed E-state index contributed by atoms with van der Waals surface area (Å²) in [6.45, 7) is 14.1. The zero-order valence-electron chi connectivity index (χ0n) is 24.8. The van der Waals surface area contributed by atoms with E-state index in [2.05, 4.69) is 33.8 Å². The van der Waals surface area contributed by atoms with Gasteiger partial charge in [0.1, 0.15) is 5.60 Å². The molecule has 38 heavy (non-hydrogen) atoms. The molecule has 3 heteroatoms. The number of benzene rings is 1. The van der Waals surface area contributed by atoms with Crippen LogP contribution in [0, 0.1) is 46.3 Å². The second-order valence-corrected chi connectivity index (χ2v) is 14.9. The lowest BCUT2D eigenvalue weighted by atomic mass is 9.46. The Balaban J connectivity index is 1.21. The Labute approximate surface area is 231 Å². The second kappa shape index (κ2) is 10.4. The molecule has 210 valence electrons. The zero-order valence-corrected chi connectivity index (χ0v) is 24.8. The molecule has 0 heterocycles. The van der Waals surface area contributed by atoms with Crippen LogP contribution in [0.15, 0.2) is 42.0 Å². The van der Waals surface area contributed by atoms with Gasteiger partial charge in [-0.2, -0.15) is 0 Å². The summed E-state index contributed by atoms with van der Waals surface area (Å²) in [6, 6.07) is 9.32. The summed E-state index contributed by atoms with van der Waals surface area (Å²) in [7, 11) is 0. The van der Waals surface area contributed by atoms with Crippen LogP contribution in [0.1, 0.15) is 116 Å². The SMILES string of the molecule is C[C@H]1CCC2(C)C(=C[C@@H](O)[C@@H]3C2CC[C@]2(C)[C@@H]([C@H](C)CCCC(C)(C)OC(=O)c4ccccc4)CC[C@@H]32)C1. The van der Waals surface area contributed by atoms with Gasteiger partial charge in [-0.1, -0.05) is 64.0 Å². The van der Waals surface area contributed by atoms with Gasteiger partial charge in [-0.15, -0.1) is 0 Å². The van der Waals surface area contributed by atoms with Gasteiger partial charge in [-0.25, -0.2) is 4.79 Å². The number of carbonyl (C=O) groups is 1. The van der Waals surface area contributed by atoms with Crippen molar-refractivity contribution in [3.8, 4) is 0 Å². The van der Waals surface area contributed by atoms with Crippen molar-refractivity contribution in [3.63, 3.8) is 0 Å². The van der Waals surface area contributed by atoms with Crippen LogP contribution in [-0.4, -0.2) is 22.8 Å². The van der Waals surface area contributed by atoms with E-state index >= 15 is 0 Å². The van der Waals surface area contributed by atoms with Gasteiger partial charge in [0, 0.05) is 0 Å². The van der Waals surface area contributed by atoms with Crippen molar-refractivity contribution in [1.29, 1.82) is 0 Å². The van der Waals surface area contributed by atoms with Gasteiger partial charge in [0.2, 0.25) is 0 Å². The maximum absolute atomic E-state index is 12.6. The van der Waals surface area contributed by atoms with E-state index in [9.17, 15) is 9.90 Å². The highest BCUT2D eigenvalue weighted by molar-refractivity contribution is 5.89. The van der Waals surface area contributed by atoms with Crippen LogP contribution in [0.25, 0.3) is 0 Å². The fourth-order valence-corrected chi connectivity index (χ4v) is 9.79. The molecule has 9 atom stereocenters. The van der Waals surface area contributed by atoms with Crippen molar-refractivity contribution < 1.29 is 14.6 Å². The molecular formula is C35H52O3. The number of rotatable bonds is 7. The van der Waals surface area contributed by atoms with Gasteiger partial charge in [-0.3, -0.25) is 0 Å². The second-order valence-electron chi connectivity index (χ2n) is 14.9. The Morgan fingerprint density at radius 1 is 1.08 bits per heavy atom. The van der Waals surface area contributed by atoms with Gasteiger partial charge < -0.3 is 9.84 Å². The first kappa shape index (κ1) is 27.9. The Hall–Kier alpha value is -1.61. The fraction of sp³-hybridized carbons (Fsp3) is 0.743. The highest BCUT2D eigenvalue weighted by Crippen LogP contribution is 2.67. The third kappa shape index (κ3) is 5.02. The number of aliphatic hydroxyl groups is 1. The average Bonchev–Trinajstić information content (AvgIpc) is 3.22. The van der Waals surface area contributed by atoms with Crippen molar-refractivity contribution >= 4 is 5.97 Å². The molecule has 2 unspecified atom stereocenters. The topological polar surface area (TPSA) is 46.5 Å². The smallest absolute Gasteiger partial charge is 0.338 e. The first-order valence-corrected chi connectivity index (χ1v) is 15.6. The standard InChI is InChI=1S/C35H52O3/c1-23-16-19-34(5)26(21-23)22-30(36)31-28-15-14-27(35(28,6)20-17-29(31)34)24(2)11-10-18-33(3,4)38-32(37)25-12-8-7-9-13-25/h7-9,12-13,22-24,27-31,36H,10-11,14-21H2,1-6H3/t23-,24+,27+,28-,29?,30+,31-,34?,35+/m0/s1. The Morgan fingerprint density at radius 2 is 1.82 bits per heavy atom. The lowest BCUT2D eigenvalue weighted by molar-refractivity contribution is -0.0941. The summed E-state index contributed by atoms with van der Waals surface area (Å²) in [4.78, 5) is 12.6. The molecule has 0 radical (unpaired) electrons. The van der Waals surface area contributed by atoms with Crippen molar-refractivity contribution in [2.75, 3.05) is 0 Å². The van der Waals surface area contributed by atoms with Crippen LogP contribution in [0.4, 0.5) is 0 Å². The zero-order chi connectivity index (χ0) is 27.3. The van der Waals surface area contributed by atoms with Gasteiger partial charge in [0.05, 0.1) is 11.7 Å². The van der Waals surface area contributed by atoms with Crippen molar-refractivity contribution in [2.45, 2.75) is 117 Å². The van der Waals surface area contributed by atoms with Crippen LogP contribution in [0.2, 0.25) is 0 Å². The van der Waals surface area contributed by atoms with E-state index in [0.717, 1.165) is 24.7 Å². The fourth-order valence-electron chi connectivity index (χ4n) is 9.79. The van der Waals surface area contributed by atoms with Gasteiger partial charge in [-0.05, 0) is 130 Å². The van der Waals surface area contributed by atoms with Crippen LogP contribution in [-0.2, 0) is 4.74 Å². The first-order valence-electron chi connectivity index (χ1n) is 15.6. The molecule has 0 bridgehead atoms. The summed E-state index contributed by atoms with van der Waals surface area (Å²) in [5, 5.41) is 11.5. The molecule has 1 aromatic rings.